The van der Waals surface area contributed by atoms with Crippen molar-refractivity contribution in [2.24, 2.45) is 5.92 Å². The van der Waals surface area contributed by atoms with E-state index < -0.39 is 0 Å². The number of para-hydroxylation sites is 2. The molecule has 1 atom stereocenters. The number of hydrogen-bond acceptors (Lipinski definition) is 2. The summed E-state index contributed by atoms with van der Waals surface area (Å²) in [6.07, 6.45) is 1.94. The van der Waals surface area contributed by atoms with Crippen LogP contribution in [0.1, 0.15) is 20.8 Å². The minimum atomic E-state index is 0.553. The topological polar surface area (TPSA) is 29.9 Å². The maximum atomic E-state index is 4.41. The first kappa shape index (κ1) is 12.1. The molecule has 0 aliphatic carbocycles. The standard InChI is InChI=1S/C14H21N3/c1-11(2)15-8-12(3)9-17-10-16-13-6-4-5-7-14(13)17/h4-7,10-12,15H,8-9H2,1-3H3. The average molecular weight is 231 g/mol. The Morgan fingerprint density at radius 2 is 2.00 bits per heavy atom. The van der Waals surface area contributed by atoms with Gasteiger partial charge in [-0.15, -0.1) is 0 Å². The summed E-state index contributed by atoms with van der Waals surface area (Å²) in [4.78, 5) is 4.41. The summed E-state index contributed by atoms with van der Waals surface area (Å²) in [5.41, 5.74) is 2.31. The number of nitrogens with one attached hydrogen (secondary N) is 1. The van der Waals surface area contributed by atoms with Gasteiger partial charge in [-0.2, -0.15) is 0 Å². The number of hydrogen-bond donors (Lipinski definition) is 1. The van der Waals surface area contributed by atoms with Gasteiger partial charge in [-0.25, -0.2) is 4.98 Å². The van der Waals surface area contributed by atoms with Crippen LogP contribution in [-0.2, 0) is 6.54 Å². The van der Waals surface area contributed by atoms with Crippen LogP contribution in [0.3, 0.4) is 0 Å². The maximum absolute atomic E-state index is 4.41. The fraction of sp³-hybridized carbons (Fsp3) is 0.500. The van der Waals surface area contributed by atoms with Gasteiger partial charge in [0, 0.05) is 12.6 Å². The van der Waals surface area contributed by atoms with E-state index >= 15 is 0 Å². The fourth-order valence-corrected chi connectivity index (χ4v) is 1.99. The number of rotatable bonds is 5. The average Bonchev–Trinajstić information content (AvgIpc) is 2.70. The summed E-state index contributed by atoms with van der Waals surface area (Å²) in [7, 11) is 0. The molecular weight excluding hydrogens is 210 g/mol. The summed E-state index contributed by atoms with van der Waals surface area (Å²) in [5.74, 6) is 0.606. The number of imidazole rings is 1. The Hall–Kier alpha value is -1.35. The van der Waals surface area contributed by atoms with Crippen LogP contribution in [0.25, 0.3) is 11.0 Å². The van der Waals surface area contributed by atoms with Crippen molar-refractivity contribution < 1.29 is 0 Å². The van der Waals surface area contributed by atoms with E-state index in [1.54, 1.807) is 0 Å². The summed E-state index contributed by atoms with van der Waals surface area (Å²) in [6, 6.07) is 8.84. The molecular formula is C14H21N3. The first-order chi connectivity index (χ1) is 8.16. The van der Waals surface area contributed by atoms with Gasteiger partial charge < -0.3 is 9.88 Å². The fourth-order valence-electron chi connectivity index (χ4n) is 1.99. The molecule has 1 N–H and O–H groups in total. The van der Waals surface area contributed by atoms with Gasteiger partial charge in [0.25, 0.3) is 0 Å². The lowest BCUT2D eigenvalue weighted by molar-refractivity contribution is 0.430. The van der Waals surface area contributed by atoms with Gasteiger partial charge in [0.1, 0.15) is 0 Å². The Morgan fingerprint density at radius 1 is 1.24 bits per heavy atom. The molecule has 3 nitrogen and oxygen atoms in total. The Balaban J connectivity index is 2.03. The Morgan fingerprint density at radius 3 is 2.76 bits per heavy atom. The number of aromatic nitrogens is 2. The van der Waals surface area contributed by atoms with E-state index in [9.17, 15) is 0 Å². The Bertz CT molecular complexity index is 473. The van der Waals surface area contributed by atoms with Crippen molar-refractivity contribution in [1.29, 1.82) is 0 Å². The molecule has 1 aromatic carbocycles. The second kappa shape index (κ2) is 5.32. The van der Waals surface area contributed by atoms with E-state index in [0.29, 0.717) is 12.0 Å². The van der Waals surface area contributed by atoms with Crippen molar-refractivity contribution in [3.8, 4) is 0 Å². The van der Waals surface area contributed by atoms with Gasteiger partial charge in [-0.1, -0.05) is 32.9 Å². The van der Waals surface area contributed by atoms with Gasteiger partial charge in [0.05, 0.1) is 17.4 Å². The van der Waals surface area contributed by atoms with E-state index in [1.807, 2.05) is 12.4 Å². The van der Waals surface area contributed by atoms with Gasteiger partial charge >= 0.3 is 0 Å². The molecule has 0 aliphatic heterocycles. The lowest BCUT2D eigenvalue weighted by atomic mass is 10.1. The smallest absolute Gasteiger partial charge is 0.0958 e. The highest BCUT2D eigenvalue weighted by atomic mass is 15.0. The van der Waals surface area contributed by atoms with Crippen molar-refractivity contribution in [1.82, 2.24) is 14.9 Å². The first-order valence-corrected chi connectivity index (χ1v) is 6.30. The minimum Gasteiger partial charge on any atom is -0.330 e. The molecule has 0 radical (unpaired) electrons. The van der Waals surface area contributed by atoms with E-state index in [1.165, 1.54) is 5.52 Å². The van der Waals surface area contributed by atoms with Crippen LogP contribution in [0, 0.1) is 5.92 Å². The highest BCUT2D eigenvalue weighted by Gasteiger charge is 2.07. The van der Waals surface area contributed by atoms with Gasteiger partial charge in [-0.05, 0) is 24.6 Å². The van der Waals surface area contributed by atoms with Crippen molar-refractivity contribution in [3.63, 3.8) is 0 Å². The molecule has 1 heterocycles. The molecule has 0 fully saturated rings. The number of fused-ring (bicyclic) bond motifs is 1. The SMILES string of the molecule is CC(CNC(C)C)Cn1cnc2ccccc21. The van der Waals surface area contributed by atoms with Crippen molar-refractivity contribution in [2.45, 2.75) is 33.4 Å². The number of benzene rings is 1. The molecule has 0 bridgehead atoms. The second-order valence-corrected chi connectivity index (χ2v) is 5.05. The summed E-state index contributed by atoms with van der Waals surface area (Å²) >= 11 is 0. The normalized spacial score (nSPS) is 13.4. The molecule has 92 valence electrons. The quantitative estimate of drug-likeness (QED) is 0.857. The lowest BCUT2D eigenvalue weighted by Crippen LogP contribution is -2.29. The number of nitrogens with zero attached hydrogens (tertiary/aromatic N) is 2. The molecule has 0 spiro atoms. The molecule has 0 saturated heterocycles. The lowest BCUT2D eigenvalue weighted by Gasteiger charge is -2.15. The maximum Gasteiger partial charge on any atom is 0.0958 e. The van der Waals surface area contributed by atoms with Crippen LogP contribution in [-0.4, -0.2) is 22.1 Å². The molecule has 0 saturated carbocycles. The van der Waals surface area contributed by atoms with Crippen molar-refractivity contribution in [3.05, 3.63) is 30.6 Å². The van der Waals surface area contributed by atoms with Crippen LogP contribution in [0.15, 0.2) is 30.6 Å². The van der Waals surface area contributed by atoms with Crippen LogP contribution >= 0.6 is 0 Å². The highest BCUT2D eigenvalue weighted by molar-refractivity contribution is 5.74. The molecule has 17 heavy (non-hydrogen) atoms. The molecule has 2 rings (SSSR count). The third kappa shape index (κ3) is 3.07. The first-order valence-electron chi connectivity index (χ1n) is 6.30. The zero-order valence-electron chi connectivity index (χ0n) is 10.9. The van der Waals surface area contributed by atoms with Crippen LogP contribution in [0.4, 0.5) is 0 Å². The second-order valence-electron chi connectivity index (χ2n) is 5.05. The summed E-state index contributed by atoms with van der Waals surface area (Å²) in [6.45, 7) is 8.69. The third-order valence-electron chi connectivity index (χ3n) is 2.91. The van der Waals surface area contributed by atoms with Gasteiger partial charge in [0.2, 0.25) is 0 Å². The molecule has 3 heteroatoms. The van der Waals surface area contributed by atoms with Crippen LogP contribution < -0.4 is 5.32 Å². The van der Waals surface area contributed by atoms with E-state index in [2.05, 4.69) is 53.8 Å². The van der Waals surface area contributed by atoms with Gasteiger partial charge in [0.15, 0.2) is 0 Å². The van der Waals surface area contributed by atoms with E-state index in [0.717, 1.165) is 18.6 Å². The minimum absolute atomic E-state index is 0.553. The Labute approximate surface area is 103 Å². The predicted molar refractivity (Wildman–Crippen MR) is 72.0 cm³/mol. The van der Waals surface area contributed by atoms with Crippen LogP contribution in [0.2, 0.25) is 0 Å². The molecule has 0 aliphatic rings. The zero-order valence-corrected chi connectivity index (χ0v) is 10.9. The molecule has 1 aromatic heterocycles. The summed E-state index contributed by atoms with van der Waals surface area (Å²) < 4.78 is 2.24. The largest absolute Gasteiger partial charge is 0.330 e. The summed E-state index contributed by atoms with van der Waals surface area (Å²) in [5, 5.41) is 3.47. The molecule has 1 unspecified atom stereocenters. The van der Waals surface area contributed by atoms with Crippen LogP contribution in [0.5, 0.6) is 0 Å². The zero-order chi connectivity index (χ0) is 12.3. The van der Waals surface area contributed by atoms with E-state index in [-0.39, 0.29) is 0 Å². The third-order valence-corrected chi connectivity index (χ3v) is 2.91. The Kier molecular flexibility index (Phi) is 3.79. The van der Waals surface area contributed by atoms with Crippen molar-refractivity contribution >= 4 is 11.0 Å². The van der Waals surface area contributed by atoms with Gasteiger partial charge in [-0.3, -0.25) is 0 Å². The predicted octanol–water partition coefficient (Wildman–Crippen LogP) is 2.67. The molecule has 2 aromatic rings. The monoisotopic (exact) mass is 231 g/mol. The van der Waals surface area contributed by atoms with E-state index in [4.69, 9.17) is 0 Å². The highest BCUT2D eigenvalue weighted by Crippen LogP contribution is 2.13. The molecule has 0 amide bonds. The van der Waals surface area contributed by atoms with Crippen molar-refractivity contribution in [2.75, 3.05) is 6.54 Å².